The zero-order valence-corrected chi connectivity index (χ0v) is 7.26. The maximum atomic E-state index is 13.1. The van der Waals surface area contributed by atoms with E-state index in [4.69, 9.17) is 0 Å². The predicted molar refractivity (Wildman–Crippen MR) is 42.2 cm³/mol. The summed E-state index contributed by atoms with van der Waals surface area (Å²) in [4.78, 5) is 10.7. The van der Waals surface area contributed by atoms with Crippen LogP contribution in [0.4, 0.5) is 13.2 Å². The van der Waals surface area contributed by atoms with Crippen LogP contribution in [-0.2, 0) is 9.53 Å². The molecule has 0 aromatic heterocycles. The molecular weight excluding hydrogens is 197 g/mol. The fraction of sp³-hybridized carbons (Fsp3) is 0.222. The number of carbonyl (C=O) groups excluding carboxylic acids is 1. The monoisotopic (exact) mass is 204 g/mol. The van der Waals surface area contributed by atoms with Crippen LogP contribution in [0.15, 0.2) is 18.2 Å². The van der Waals surface area contributed by atoms with E-state index < -0.39 is 29.3 Å². The number of hydrogen-bond donors (Lipinski definition) is 0. The van der Waals surface area contributed by atoms with Crippen molar-refractivity contribution in [1.29, 1.82) is 0 Å². The number of ether oxygens (including phenoxy) is 1. The lowest BCUT2D eigenvalue weighted by atomic mass is 10.1. The smallest absolute Gasteiger partial charge is 0.345 e. The Morgan fingerprint density at radius 1 is 1.29 bits per heavy atom. The van der Waals surface area contributed by atoms with E-state index in [0.29, 0.717) is 6.07 Å². The van der Waals surface area contributed by atoms with Crippen molar-refractivity contribution in [3.8, 4) is 0 Å². The van der Waals surface area contributed by atoms with Crippen LogP contribution in [0.25, 0.3) is 0 Å². The van der Waals surface area contributed by atoms with Gasteiger partial charge in [-0.1, -0.05) is 0 Å². The second-order valence-corrected chi connectivity index (χ2v) is 2.59. The molecule has 0 aliphatic heterocycles. The average molecular weight is 204 g/mol. The fourth-order valence-corrected chi connectivity index (χ4v) is 0.961. The first kappa shape index (κ1) is 10.6. The van der Waals surface area contributed by atoms with Gasteiger partial charge < -0.3 is 4.74 Å². The van der Waals surface area contributed by atoms with Gasteiger partial charge in [0.25, 0.3) is 0 Å². The van der Waals surface area contributed by atoms with E-state index in [1.807, 2.05) is 0 Å². The summed E-state index contributed by atoms with van der Waals surface area (Å²) in [7, 11) is 0.991. The third-order valence-electron chi connectivity index (χ3n) is 1.59. The molecule has 0 aliphatic rings. The maximum Gasteiger partial charge on any atom is 0.345 e. The number of hydrogen-bond acceptors (Lipinski definition) is 2. The normalized spacial score (nSPS) is 12.3. The first-order chi connectivity index (χ1) is 6.54. The SMILES string of the molecule is COC(=O)C(F)c1cc(F)cc(F)c1. The van der Waals surface area contributed by atoms with Gasteiger partial charge in [0.2, 0.25) is 6.17 Å². The highest BCUT2D eigenvalue weighted by atomic mass is 19.1. The largest absolute Gasteiger partial charge is 0.467 e. The Kier molecular flexibility index (Phi) is 3.11. The van der Waals surface area contributed by atoms with E-state index in [1.165, 1.54) is 0 Å². The quantitative estimate of drug-likeness (QED) is 0.690. The zero-order chi connectivity index (χ0) is 10.7. The first-order valence-corrected chi connectivity index (χ1v) is 3.72. The molecule has 0 radical (unpaired) electrons. The van der Waals surface area contributed by atoms with Gasteiger partial charge in [-0.2, -0.15) is 0 Å². The van der Waals surface area contributed by atoms with Crippen molar-refractivity contribution in [3.05, 3.63) is 35.4 Å². The van der Waals surface area contributed by atoms with Crippen LogP contribution >= 0.6 is 0 Å². The van der Waals surface area contributed by atoms with Gasteiger partial charge in [0, 0.05) is 11.6 Å². The second kappa shape index (κ2) is 4.13. The first-order valence-electron chi connectivity index (χ1n) is 3.72. The summed E-state index contributed by atoms with van der Waals surface area (Å²) in [6, 6.07) is 2.07. The number of rotatable bonds is 2. The molecule has 76 valence electrons. The van der Waals surface area contributed by atoms with Gasteiger partial charge in [-0.3, -0.25) is 0 Å². The Morgan fingerprint density at radius 2 is 1.79 bits per heavy atom. The molecule has 1 unspecified atom stereocenters. The minimum absolute atomic E-state index is 0.394. The Bertz CT molecular complexity index is 332. The maximum absolute atomic E-state index is 13.1. The van der Waals surface area contributed by atoms with Gasteiger partial charge in [-0.25, -0.2) is 18.0 Å². The number of benzene rings is 1. The molecule has 0 aliphatic carbocycles. The van der Waals surface area contributed by atoms with Gasteiger partial charge in [0.05, 0.1) is 7.11 Å². The topological polar surface area (TPSA) is 26.3 Å². The van der Waals surface area contributed by atoms with E-state index in [-0.39, 0.29) is 0 Å². The highest BCUT2D eigenvalue weighted by Gasteiger charge is 2.21. The molecule has 1 rings (SSSR count). The van der Waals surface area contributed by atoms with Crippen LogP contribution in [0.5, 0.6) is 0 Å². The van der Waals surface area contributed by atoms with E-state index in [2.05, 4.69) is 4.74 Å². The summed E-state index contributed by atoms with van der Waals surface area (Å²) in [6.07, 6.45) is -2.16. The summed E-state index contributed by atoms with van der Waals surface area (Å²) in [6.45, 7) is 0. The van der Waals surface area contributed by atoms with Gasteiger partial charge in [-0.15, -0.1) is 0 Å². The molecule has 5 heteroatoms. The number of carbonyl (C=O) groups is 1. The zero-order valence-electron chi connectivity index (χ0n) is 7.26. The van der Waals surface area contributed by atoms with E-state index in [1.54, 1.807) is 0 Å². The molecule has 0 N–H and O–H groups in total. The van der Waals surface area contributed by atoms with Gasteiger partial charge in [0.15, 0.2) is 0 Å². The number of esters is 1. The van der Waals surface area contributed by atoms with E-state index in [0.717, 1.165) is 19.2 Å². The van der Waals surface area contributed by atoms with Crippen molar-refractivity contribution in [3.63, 3.8) is 0 Å². The number of methoxy groups -OCH3 is 1. The van der Waals surface area contributed by atoms with Crippen LogP contribution in [0, 0.1) is 11.6 Å². The summed E-state index contributed by atoms with van der Waals surface area (Å²) in [5.41, 5.74) is -0.394. The highest BCUT2D eigenvalue weighted by molar-refractivity contribution is 5.76. The molecule has 1 aromatic rings. The molecule has 0 bridgehead atoms. The van der Waals surface area contributed by atoms with Crippen molar-refractivity contribution in [2.24, 2.45) is 0 Å². The lowest BCUT2D eigenvalue weighted by Gasteiger charge is -2.06. The molecule has 0 saturated carbocycles. The van der Waals surface area contributed by atoms with E-state index >= 15 is 0 Å². The Hall–Kier alpha value is -1.52. The third kappa shape index (κ3) is 2.25. The summed E-state index contributed by atoms with van der Waals surface area (Å²) in [5.74, 6) is -3.06. The van der Waals surface area contributed by atoms with Crippen molar-refractivity contribution in [1.82, 2.24) is 0 Å². The lowest BCUT2D eigenvalue weighted by molar-refractivity contribution is -0.146. The van der Waals surface area contributed by atoms with Crippen molar-refractivity contribution in [2.75, 3.05) is 7.11 Å². The van der Waals surface area contributed by atoms with E-state index in [9.17, 15) is 18.0 Å². The Labute approximate surface area is 78.3 Å². The molecule has 0 saturated heterocycles. The molecular formula is C9H7F3O2. The van der Waals surface area contributed by atoms with Crippen molar-refractivity contribution < 1.29 is 22.7 Å². The average Bonchev–Trinajstić information content (AvgIpc) is 2.14. The Balaban J connectivity index is 3.00. The van der Waals surface area contributed by atoms with Gasteiger partial charge in [0.1, 0.15) is 11.6 Å². The molecule has 0 fully saturated rings. The van der Waals surface area contributed by atoms with Crippen LogP contribution in [0.2, 0.25) is 0 Å². The van der Waals surface area contributed by atoms with Crippen LogP contribution in [-0.4, -0.2) is 13.1 Å². The standard InChI is InChI=1S/C9H7F3O2/c1-14-9(13)8(12)5-2-6(10)4-7(11)3-5/h2-4,8H,1H3. The highest BCUT2D eigenvalue weighted by Crippen LogP contribution is 2.20. The molecule has 0 heterocycles. The molecule has 2 nitrogen and oxygen atoms in total. The summed E-state index contributed by atoms with van der Waals surface area (Å²) < 4.78 is 42.4. The molecule has 14 heavy (non-hydrogen) atoms. The minimum Gasteiger partial charge on any atom is -0.467 e. The van der Waals surface area contributed by atoms with Gasteiger partial charge in [-0.05, 0) is 12.1 Å². The lowest BCUT2D eigenvalue weighted by Crippen LogP contribution is -2.10. The summed E-state index contributed by atoms with van der Waals surface area (Å²) >= 11 is 0. The predicted octanol–water partition coefficient (Wildman–Crippen LogP) is 2.15. The van der Waals surface area contributed by atoms with Crippen molar-refractivity contribution >= 4 is 5.97 Å². The summed E-state index contributed by atoms with van der Waals surface area (Å²) in [5, 5.41) is 0. The van der Waals surface area contributed by atoms with Crippen LogP contribution < -0.4 is 0 Å². The molecule has 0 spiro atoms. The third-order valence-corrected chi connectivity index (χ3v) is 1.59. The number of alkyl halides is 1. The van der Waals surface area contributed by atoms with Crippen LogP contribution in [0.1, 0.15) is 11.7 Å². The fourth-order valence-electron chi connectivity index (χ4n) is 0.961. The van der Waals surface area contributed by atoms with Crippen LogP contribution in [0.3, 0.4) is 0 Å². The molecule has 1 aromatic carbocycles. The minimum atomic E-state index is -2.16. The Morgan fingerprint density at radius 3 is 2.21 bits per heavy atom. The second-order valence-electron chi connectivity index (χ2n) is 2.59. The number of halogens is 3. The molecule has 0 amide bonds. The van der Waals surface area contributed by atoms with Crippen molar-refractivity contribution in [2.45, 2.75) is 6.17 Å². The molecule has 1 atom stereocenters. The van der Waals surface area contributed by atoms with Gasteiger partial charge >= 0.3 is 5.97 Å².